The molecule has 0 spiro atoms. The van der Waals surface area contributed by atoms with Crippen molar-refractivity contribution in [1.82, 2.24) is 10.3 Å². The van der Waals surface area contributed by atoms with E-state index in [1.54, 1.807) is 18.4 Å². The summed E-state index contributed by atoms with van der Waals surface area (Å²) in [5, 5.41) is 25.2. The third-order valence-electron chi connectivity index (χ3n) is 8.04. The van der Waals surface area contributed by atoms with E-state index < -0.39 is 11.5 Å². The number of thiazole rings is 1. The first kappa shape index (κ1) is 23.2. The number of nitrogens with one attached hydrogen (secondary N) is 1. The van der Waals surface area contributed by atoms with Crippen molar-refractivity contribution in [3.63, 3.8) is 0 Å². The molecule has 1 heterocycles. The first-order valence-corrected chi connectivity index (χ1v) is 12.2. The zero-order valence-electron chi connectivity index (χ0n) is 19.4. The van der Waals surface area contributed by atoms with E-state index in [1.165, 1.54) is 4.88 Å². The molecule has 7 heteroatoms. The number of amides is 1. The van der Waals surface area contributed by atoms with Gasteiger partial charge in [0.25, 0.3) is 0 Å². The third-order valence-corrected chi connectivity index (χ3v) is 9.05. The molecule has 1 aromatic carbocycles. The van der Waals surface area contributed by atoms with Crippen LogP contribution in [0.2, 0.25) is 0 Å². The average molecular weight is 459 g/mol. The van der Waals surface area contributed by atoms with E-state index in [2.05, 4.69) is 12.2 Å². The van der Waals surface area contributed by atoms with Gasteiger partial charge in [-0.2, -0.15) is 0 Å². The van der Waals surface area contributed by atoms with Gasteiger partial charge in [0.15, 0.2) is 0 Å². The molecule has 0 unspecified atom stereocenters. The van der Waals surface area contributed by atoms with Crippen molar-refractivity contribution in [2.24, 2.45) is 16.7 Å². The molecular formula is C25H34N2O4S. The van der Waals surface area contributed by atoms with Crippen LogP contribution < -0.4 is 10.1 Å². The van der Waals surface area contributed by atoms with Gasteiger partial charge in [0.2, 0.25) is 5.91 Å². The Labute approximate surface area is 194 Å². The van der Waals surface area contributed by atoms with Crippen LogP contribution in [0.4, 0.5) is 0 Å². The number of benzene rings is 1. The number of aromatic nitrogens is 1. The number of hydrogen-bond donors (Lipinski definition) is 3. The molecule has 2 aliphatic rings. The van der Waals surface area contributed by atoms with Crippen molar-refractivity contribution in [1.29, 1.82) is 0 Å². The quantitative estimate of drug-likeness (QED) is 0.615. The monoisotopic (exact) mass is 458 g/mol. The third kappa shape index (κ3) is 3.95. The van der Waals surface area contributed by atoms with Crippen molar-refractivity contribution in [3.8, 4) is 5.75 Å². The fourth-order valence-corrected chi connectivity index (χ4v) is 7.01. The maximum Gasteiger partial charge on any atom is 0.220 e. The van der Waals surface area contributed by atoms with Gasteiger partial charge in [0, 0.05) is 29.2 Å². The Morgan fingerprint density at radius 2 is 2.03 bits per heavy atom. The van der Waals surface area contributed by atoms with E-state index >= 15 is 0 Å². The first-order valence-electron chi connectivity index (χ1n) is 11.4. The summed E-state index contributed by atoms with van der Waals surface area (Å²) in [6, 6.07) is 7.69. The lowest BCUT2D eigenvalue weighted by Gasteiger charge is -2.58. The van der Waals surface area contributed by atoms with Crippen molar-refractivity contribution >= 4 is 17.2 Å². The Morgan fingerprint density at radius 1 is 1.31 bits per heavy atom. The Balaban J connectivity index is 1.57. The highest BCUT2D eigenvalue weighted by atomic mass is 32.1. The van der Waals surface area contributed by atoms with Crippen molar-refractivity contribution in [2.45, 2.75) is 65.0 Å². The summed E-state index contributed by atoms with van der Waals surface area (Å²) in [6.07, 6.45) is 2.07. The van der Waals surface area contributed by atoms with Gasteiger partial charge >= 0.3 is 0 Å². The molecule has 4 rings (SSSR count). The molecule has 32 heavy (non-hydrogen) atoms. The standard InChI is InChI=1S/C25H34N2O4S/c1-15-27-23-18(11-22(30)26-13-16-5-7-17(31-4)8-6-16)24(2)10-9-21(29)25(3,14-28)20(24)12-19(23)32-15/h5-8,18,20-21,28-29H,9-14H2,1-4H3,(H,26,30)/t18-,20-,21-,24+,25+/m1/s1. The van der Waals surface area contributed by atoms with Crippen LogP contribution in [0.5, 0.6) is 5.75 Å². The Kier molecular flexibility index (Phi) is 6.36. The Bertz CT molecular complexity index is 975. The molecule has 3 N–H and O–H groups in total. The average Bonchev–Trinajstić information content (AvgIpc) is 3.16. The van der Waals surface area contributed by atoms with Gasteiger partial charge in [-0.05, 0) is 55.2 Å². The largest absolute Gasteiger partial charge is 0.497 e. The predicted octanol–water partition coefficient (Wildman–Crippen LogP) is 3.58. The van der Waals surface area contributed by atoms with Crippen molar-refractivity contribution in [2.75, 3.05) is 13.7 Å². The second kappa shape index (κ2) is 8.76. The molecular weight excluding hydrogens is 424 g/mol. The lowest BCUT2D eigenvalue weighted by Crippen LogP contribution is -2.57. The normalized spacial score (nSPS) is 31.5. The lowest BCUT2D eigenvalue weighted by atomic mass is 9.47. The predicted molar refractivity (Wildman–Crippen MR) is 125 cm³/mol. The van der Waals surface area contributed by atoms with Gasteiger partial charge in [-0.25, -0.2) is 4.98 Å². The number of ether oxygens (including phenoxy) is 1. The number of carbonyl (C=O) groups is 1. The molecule has 174 valence electrons. The first-order chi connectivity index (χ1) is 15.2. The maximum absolute atomic E-state index is 13.1. The SMILES string of the molecule is COc1ccc(CNC(=O)C[C@@H]2c3nc(C)sc3C[C@H]3[C@](C)(CO)[C@H](O)CC[C@]32C)cc1. The molecule has 1 amide bonds. The minimum atomic E-state index is -0.583. The summed E-state index contributed by atoms with van der Waals surface area (Å²) in [5.74, 6) is 0.853. The number of fused-ring (bicyclic) bond motifs is 2. The molecule has 0 radical (unpaired) electrons. The molecule has 2 aliphatic carbocycles. The molecule has 6 nitrogen and oxygen atoms in total. The number of methoxy groups -OCH3 is 1. The zero-order valence-corrected chi connectivity index (χ0v) is 20.2. The number of aryl methyl sites for hydroxylation is 1. The van der Waals surface area contributed by atoms with Crippen LogP contribution in [0.3, 0.4) is 0 Å². The number of aliphatic hydroxyl groups excluding tert-OH is 2. The number of aliphatic hydroxyl groups is 2. The van der Waals surface area contributed by atoms with Gasteiger partial charge in [0.05, 0.1) is 30.5 Å². The summed E-state index contributed by atoms with van der Waals surface area (Å²) < 4.78 is 5.20. The molecule has 2 aromatic rings. The molecule has 1 fully saturated rings. The van der Waals surface area contributed by atoms with Crippen molar-refractivity contribution < 1.29 is 19.7 Å². The maximum atomic E-state index is 13.1. The minimum Gasteiger partial charge on any atom is -0.497 e. The molecule has 5 atom stereocenters. The summed E-state index contributed by atoms with van der Waals surface area (Å²) >= 11 is 1.68. The van der Waals surface area contributed by atoms with Gasteiger partial charge < -0.3 is 20.3 Å². The smallest absolute Gasteiger partial charge is 0.220 e. The van der Waals surface area contributed by atoms with Gasteiger partial charge in [-0.3, -0.25) is 4.79 Å². The second-order valence-electron chi connectivity index (χ2n) is 9.90. The van der Waals surface area contributed by atoms with Crippen LogP contribution in [0.15, 0.2) is 24.3 Å². The number of carbonyl (C=O) groups excluding carboxylic acids is 1. The number of rotatable bonds is 6. The lowest BCUT2D eigenvalue weighted by molar-refractivity contribution is -0.144. The topological polar surface area (TPSA) is 91.7 Å². The Morgan fingerprint density at radius 3 is 2.69 bits per heavy atom. The molecule has 0 aliphatic heterocycles. The van der Waals surface area contributed by atoms with E-state index in [4.69, 9.17) is 9.72 Å². The van der Waals surface area contributed by atoms with E-state index in [9.17, 15) is 15.0 Å². The van der Waals surface area contributed by atoms with Crippen LogP contribution in [0.25, 0.3) is 0 Å². The van der Waals surface area contributed by atoms with Gasteiger partial charge in [-0.15, -0.1) is 11.3 Å². The summed E-state index contributed by atoms with van der Waals surface area (Å²) in [6.45, 7) is 6.65. The fourth-order valence-electron chi connectivity index (χ4n) is 5.97. The highest BCUT2D eigenvalue weighted by Gasteiger charge is 2.59. The van der Waals surface area contributed by atoms with Crippen LogP contribution in [-0.4, -0.2) is 40.9 Å². The highest BCUT2D eigenvalue weighted by molar-refractivity contribution is 7.11. The number of nitrogens with zero attached hydrogens (tertiary/aromatic N) is 1. The summed E-state index contributed by atoms with van der Waals surface area (Å²) in [5.41, 5.74) is 1.27. The van der Waals surface area contributed by atoms with Gasteiger partial charge in [0.1, 0.15) is 5.75 Å². The van der Waals surface area contributed by atoms with Crippen LogP contribution in [0.1, 0.15) is 60.2 Å². The van der Waals surface area contributed by atoms with E-state index in [0.29, 0.717) is 19.4 Å². The van der Waals surface area contributed by atoms with Crippen LogP contribution in [-0.2, 0) is 17.8 Å². The molecule has 0 saturated heterocycles. The molecule has 1 saturated carbocycles. The minimum absolute atomic E-state index is 0.00104. The fraction of sp³-hybridized carbons (Fsp3) is 0.600. The highest BCUT2D eigenvalue weighted by Crippen LogP contribution is 2.62. The summed E-state index contributed by atoms with van der Waals surface area (Å²) in [4.78, 5) is 19.1. The van der Waals surface area contributed by atoms with Gasteiger partial charge in [-0.1, -0.05) is 26.0 Å². The zero-order chi connectivity index (χ0) is 23.1. The van der Waals surface area contributed by atoms with E-state index in [-0.39, 0.29) is 29.8 Å². The van der Waals surface area contributed by atoms with Crippen LogP contribution >= 0.6 is 11.3 Å². The number of hydrogen-bond acceptors (Lipinski definition) is 6. The van der Waals surface area contributed by atoms with E-state index in [0.717, 1.165) is 34.9 Å². The second-order valence-corrected chi connectivity index (χ2v) is 11.2. The molecule has 1 aromatic heterocycles. The van der Waals surface area contributed by atoms with E-state index in [1.807, 2.05) is 38.1 Å². The molecule has 0 bridgehead atoms. The van der Waals surface area contributed by atoms with Crippen molar-refractivity contribution in [3.05, 3.63) is 45.4 Å². The summed E-state index contributed by atoms with van der Waals surface area (Å²) in [7, 11) is 1.63. The Hall–Kier alpha value is -1.96. The van der Waals surface area contributed by atoms with Crippen LogP contribution in [0, 0.1) is 23.7 Å².